The summed E-state index contributed by atoms with van der Waals surface area (Å²) in [6, 6.07) is 9.94. The largest absolute Gasteiger partial charge is 0.507 e. The molecule has 2 heterocycles. The fourth-order valence-corrected chi connectivity index (χ4v) is 4.99. The Hall–Kier alpha value is -3.52. The molecule has 1 amide bonds. The van der Waals surface area contributed by atoms with Crippen molar-refractivity contribution in [2.45, 2.75) is 58.6 Å². The summed E-state index contributed by atoms with van der Waals surface area (Å²) in [4.78, 5) is 27.9. The monoisotopic (exact) mass is 523 g/mol. The Balaban J connectivity index is 1.76. The van der Waals surface area contributed by atoms with E-state index in [2.05, 4.69) is 6.92 Å². The summed E-state index contributed by atoms with van der Waals surface area (Å²) in [5.41, 5.74) is 2.11. The van der Waals surface area contributed by atoms with Crippen molar-refractivity contribution in [1.82, 2.24) is 4.90 Å². The molecular formula is C30H37NO7. The van der Waals surface area contributed by atoms with E-state index in [1.165, 1.54) is 12.0 Å². The Morgan fingerprint density at radius 3 is 2.61 bits per heavy atom. The van der Waals surface area contributed by atoms with Crippen LogP contribution in [0.2, 0.25) is 0 Å². The molecule has 204 valence electrons. The van der Waals surface area contributed by atoms with Crippen LogP contribution < -0.4 is 14.2 Å². The average molecular weight is 524 g/mol. The maximum absolute atomic E-state index is 13.3. The summed E-state index contributed by atoms with van der Waals surface area (Å²) in [6.45, 7) is 7.43. The lowest BCUT2D eigenvalue weighted by molar-refractivity contribution is -0.140. The number of methoxy groups -OCH3 is 1. The lowest BCUT2D eigenvalue weighted by Gasteiger charge is -2.26. The molecule has 0 unspecified atom stereocenters. The lowest BCUT2D eigenvalue weighted by Crippen LogP contribution is -2.32. The zero-order valence-electron chi connectivity index (χ0n) is 22.6. The molecule has 1 fully saturated rings. The van der Waals surface area contributed by atoms with Crippen molar-refractivity contribution in [3.05, 3.63) is 58.7 Å². The fraction of sp³-hybridized carbons (Fsp3) is 0.467. The van der Waals surface area contributed by atoms with Crippen molar-refractivity contribution in [1.29, 1.82) is 0 Å². The third-order valence-corrected chi connectivity index (χ3v) is 6.83. The second-order valence-corrected chi connectivity index (χ2v) is 9.64. The quantitative estimate of drug-likeness (QED) is 0.180. The normalized spacial score (nSPS) is 19.9. The molecule has 2 aliphatic rings. The number of benzene rings is 2. The maximum Gasteiger partial charge on any atom is 0.295 e. The van der Waals surface area contributed by atoms with Crippen molar-refractivity contribution in [3.8, 4) is 17.2 Å². The van der Waals surface area contributed by atoms with Gasteiger partial charge in [0.05, 0.1) is 31.4 Å². The van der Waals surface area contributed by atoms with Crippen LogP contribution in [0.3, 0.4) is 0 Å². The number of aliphatic hydroxyl groups excluding tert-OH is 1. The molecule has 8 heteroatoms. The summed E-state index contributed by atoms with van der Waals surface area (Å²) in [5, 5.41) is 11.4. The van der Waals surface area contributed by atoms with Crippen molar-refractivity contribution in [3.63, 3.8) is 0 Å². The van der Waals surface area contributed by atoms with Crippen LogP contribution >= 0.6 is 0 Å². The highest BCUT2D eigenvalue weighted by Crippen LogP contribution is 2.42. The van der Waals surface area contributed by atoms with Crippen LogP contribution in [-0.2, 0) is 20.7 Å². The highest BCUT2D eigenvalue weighted by atomic mass is 16.5. The van der Waals surface area contributed by atoms with Gasteiger partial charge in [0, 0.05) is 25.6 Å². The second-order valence-electron chi connectivity index (χ2n) is 9.64. The number of rotatable bonds is 12. The first kappa shape index (κ1) is 27.5. The van der Waals surface area contributed by atoms with E-state index in [1.54, 1.807) is 24.3 Å². The number of aliphatic hydroxyl groups is 1. The zero-order chi connectivity index (χ0) is 27.2. The fourth-order valence-electron chi connectivity index (χ4n) is 4.99. The number of hydrogen-bond donors (Lipinski definition) is 1. The first-order valence-corrected chi connectivity index (χ1v) is 13.4. The molecule has 2 aliphatic heterocycles. The minimum absolute atomic E-state index is 0.0390. The first-order valence-electron chi connectivity index (χ1n) is 13.4. The lowest BCUT2D eigenvalue weighted by atomic mass is 9.94. The number of amides is 1. The standard InChI is InChI=1S/C30H37NO7/c1-5-7-8-14-37-24-12-9-20(18-25(24)36-6-2)27-26(29(33)30(34)31(27)13-15-35-4)28(32)21-10-11-23-22(17-21)16-19(3)38-23/h9-12,17-19,27,32H,5-8,13-16H2,1-4H3/b28-26+/t19-,27+/m1/s1. The summed E-state index contributed by atoms with van der Waals surface area (Å²) in [6.07, 6.45) is 3.85. The molecule has 0 bridgehead atoms. The van der Waals surface area contributed by atoms with Crippen molar-refractivity contribution < 1.29 is 33.6 Å². The van der Waals surface area contributed by atoms with Crippen LogP contribution in [0.5, 0.6) is 17.2 Å². The van der Waals surface area contributed by atoms with Gasteiger partial charge in [0.25, 0.3) is 11.7 Å². The van der Waals surface area contributed by atoms with E-state index in [0.717, 1.165) is 30.6 Å². The summed E-state index contributed by atoms with van der Waals surface area (Å²) in [7, 11) is 1.54. The SMILES string of the molecule is CCCCCOc1ccc([C@H]2/C(=C(\O)c3ccc4c(c3)C[C@@H](C)O4)C(=O)C(=O)N2CCOC)cc1OCC. The predicted molar refractivity (Wildman–Crippen MR) is 144 cm³/mol. The van der Waals surface area contributed by atoms with Gasteiger partial charge in [0.15, 0.2) is 11.5 Å². The Kier molecular flexibility index (Phi) is 8.94. The molecule has 0 spiro atoms. The van der Waals surface area contributed by atoms with Gasteiger partial charge in [-0.05, 0) is 61.7 Å². The zero-order valence-corrected chi connectivity index (χ0v) is 22.6. The maximum atomic E-state index is 13.3. The third-order valence-electron chi connectivity index (χ3n) is 6.83. The number of fused-ring (bicyclic) bond motifs is 1. The van der Waals surface area contributed by atoms with Crippen molar-refractivity contribution >= 4 is 17.4 Å². The van der Waals surface area contributed by atoms with Gasteiger partial charge >= 0.3 is 0 Å². The van der Waals surface area contributed by atoms with Crippen molar-refractivity contribution in [2.24, 2.45) is 0 Å². The van der Waals surface area contributed by atoms with Crippen LogP contribution in [0.15, 0.2) is 42.0 Å². The predicted octanol–water partition coefficient (Wildman–Crippen LogP) is 5.05. The van der Waals surface area contributed by atoms with E-state index in [9.17, 15) is 14.7 Å². The highest BCUT2D eigenvalue weighted by molar-refractivity contribution is 6.46. The highest BCUT2D eigenvalue weighted by Gasteiger charge is 2.46. The van der Waals surface area contributed by atoms with Gasteiger partial charge in [0.2, 0.25) is 0 Å². The van der Waals surface area contributed by atoms with Crippen LogP contribution in [-0.4, -0.2) is 61.3 Å². The second kappa shape index (κ2) is 12.3. The Labute approximate surface area is 224 Å². The number of carbonyl (C=O) groups excluding carboxylic acids is 2. The molecule has 2 aromatic carbocycles. The number of unbranched alkanes of at least 4 members (excludes halogenated alkanes) is 2. The van der Waals surface area contributed by atoms with E-state index >= 15 is 0 Å². The molecule has 0 aromatic heterocycles. The van der Waals surface area contributed by atoms with E-state index in [1.807, 2.05) is 26.0 Å². The number of carbonyl (C=O) groups is 2. The van der Waals surface area contributed by atoms with Gasteiger partial charge in [-0.25, -0.2) is 0 Å². The molecule has 1 saturated heterocycles. The van der Waals surface area contributed by atoms with Gasteiger partial charge in [-0.1, -0.05) is 25.8 Å². The number of ether oxygens (including phenoxy) is 4. The van der Waals surface area contributed by atoms with Crippen molar-refractivity contribution in [2.75, 3.05) is 33.5 Å². The van der Waals surface area contributed by atoms with Gasteiger partial charge in [-0.15, -0.1) is 0 Å². The van der Waals surface area contributed by atoms with E-state index in [-0.39, 0.29) is 30.6 Å². The summed E-state index contributed by atoms with van der Waals surface area (Å²) >= 11 is 0. The molecule has 2 atom stereocenters. The summed E-state index contributed by atoms with van der Waals surface area (Å²) in [5.74, 6) is 0.280. The smallest absolute Gasteiger partial charge is 0.295 e. The molecule has 0 radical (unpaired) electrons. The molecule has 38 heavy (non-hydrogen) atoms. The Morgan fingerprint density at radius 2 is 1.87 bits per heavy atom. The van der Waals surface area contributed by atoms with E-state index in [0.29, 0.717) is 42.3 Å². The Morgan fingerprint density at radius 1 is 1.05 bits per heavy atom. The minimum Gasteiger partial charge on any atom is -0.507 e. The van der Waals surface area contributed by atoms with Crippen LogP contribution in [0, 0.1) is 0 Å². The van der Waals surface area contributed by atoms with E-state index in [4.69, 9.17) is 18.9 Å². The number of likely N-dealkylation sites (tertiary alicyclic amines) is 1. The molecule has 1 N–H and O–H groups in total. The molecule has 0 aliphatic carbocycles. The van der Waals surface area contributed by atoms with Gasteiger partial charge in [0.1, 0.15) is 17.6 Å². The molecule has 0 saturated carbocycles. The van der Waals surface area contributed by atoms with Crippen LogP contribution in [0.1, 0.15) is 62.8 Å². The van der Waals surface area contributed by atoms with Crippen LogP contribution in [0.25, 0.3) is 5.76 Å². The number of nitrogens with zero attached hydrogens (tertiary/aromatic N) is 1. The summed E-state index contributed by atoms with van der Waals surface area (Å²) < 4.78 is 22.8. The average Bonchev–Trinajstić information content (AvgIpc) is 3.41. The molecule has 4 rings (SSSR count). The molecule has 2 aromatic rings. The first-order chi connectivity index (χ1) is 18.4. The number of Topliss-reactive ketones (excluding diaryl/α,β-unsaturated/α-hetero) is 1. The number of ketones is 1. The van der Waals surface area contributed by atoms with Crippen LogP contribution in [0.4, 0.5) is 0 Å². The minimum atomic E-state index is -0.804. The Bertz CT molecular complexity index is 1210. The third kappa shape index (κ3) is 5.65. The molecule has 8 nitrogen and oxygen atoms in total. The number of hydrogen-bond acceptors (Lipinski definition) is 7. The van der Waals surface area contributed by atoms with E-state index < -0.39 is 17.7 Å². The van der Waals surface area contributed by atoms with Gasteiger partial charge in [-0.2, -0.15) is 0 Å². The van der Waals surface area contributed by atoms with Gasteiger partial charge in [-0.3, -0.25) is 9.59 Å². The molecular weight excluding hydrogens is 486 g/mol. The topological polar surface area (TPSA) is 94.5 Å². The van der Waals surface area contributed by atoms with Gasteiger partial charge < -0.3 is 29.0 Å².